The molecule has 0 aromatic carbocycles. The van der Waals surface area contributed by atoms with E-state index < -0.39 is 6.10 Å². The van der Waals surface area contributed by atoms with E-state index in [1.807, 2.05) is 5.38 Å². The summed E-state index contributed by atoms with van der Waals surface area (Å²) in [6.45, 7) is 3.41. The fourth-order valence-electron chi connectivity index (χ4n) is 1.38. The minimum atomic E-state index is -0.519. The Hall–Kier alpha value is -1.76. The van der Waals surface area contributed by atoms with Gasteiger partial charge >= 0.3 is 5.97 Å². The number of hydrogen-bond donors (Lipinski definition) is 0. The fraction of sp³-hybridized carbons (Fsp3) is 0.455. The molecule has 0 saturated heterocycles. The van der Waals surface area contributed by atoms with Crippen LogP contribution in [0, 0.1) is 6.92 Å². The van der Waals surface area contributed by atoms with Crippen LogP contribution in [0.4, 0.5) is 0 Å². The molecule has 0 radical (unpaired) electrons. The second-order valence-electron chi connectivity index (χ2n) is 3.79. The monoisotopic (exact) mass is 267 g/mol. The maximum absolute atomic E-state index is 11.6. The van der Waals surface area contributed by atoms with E-state index in [2.05, 4.69) is 15.1 Å². The van der Waals surface area contributed by atoms with Gasteiger partial charge in [0, 0.05) is 11.8 Å². The first-order chi connectivity index (χ1) is 8.65. The van der Waals surface area contributed by atoms with E-state index in [9.17, 15) is 4.79 Å². The molecular weight excluding hydrogens is 254 g/mol. The van der Waals surface area contributed by atoms with Gasteiger partial charge in [-0.2, -0.15) is 4.98 Å². The van der Waals surface area contributed by atoms with Crippen LogP contribution < -0.4 is 0 Å². The fourth-order valence-corrected chi connectivity index (χ4v) is 1.97. The zero-order valence-electron chi connectivity index (χ0n) is 10.1. The zero-order chi connectivity index (χ0) is 13.0. The van der Waals surface area contributed by atoms with Crippen LogP contribution in [0.2, 0.25) is 0 Å². The van der Waals surface area contributed by atoms with Crippen molar-refractivity contribution >= 4 is 17.3 Å². The van der Waals surface area contributed by atoms with Crippen molar-refractivity contribution in [3.8, 4) is 0 Å². The van der Waals surface area contributed by atoms with Gasteiger partial charge in [-0.05, 0) is 13.8 Å². The van der Waals surface area contributed by atoms with Crippen LogP contribution in [0.3, 0.4) is 0 Å². The minimum Gasteiger partial charge on any atom is -0.453 e. The lowest BCUT2D eigenvalue weighted by molar-refractivity contribution is -0.149. The Labute approximate surface area is 108 Å². The highest BCUT2D eigenvalue weighted by molar-refractivity contribution is 7.07. The second-order valence-corrected chi connectivity index (χ2v) is 4.51. The van der Waals surface area contributed by atoms with Crippen LogP contribution in [0.1, 0.15) is 36.9 Å². The normalized spacial score (nSPS) is 12.3. The summed E-state index contributed by atoms with van der Waals surface area (Å²) in [4.78, 5) is 19.7. The molecule has 0 aliphatic rings. The zero-order valence-corrected chi connectivity index (χ0v) is 10.9. The van der Waals surface area contributed by atoms with Gasteiger partial charge in [-0.15, -0.1) is 11.3 Å². The first-order valence-electron chi connectivity index (χ1n) is 5.52. The first-order valence-corrected chi connectivity index (χ1v) is 6.46. The summed E-state index contributed by atoms with van der Waals surface area (Å²) in [7, 11) is 0. The lowest BCUT2D eigenvalue weighted by Gasteiger charge is -2.08. The van der Waals surface area contributed by atoms with E-state index >= 15 is 0 Å². The Balaban J connectivity index is 1.80. The smallest absolute Gasteiger partial charge is 0.306 e. The summed E-state index contributed by atoms with van der Waals surface area (Å²) in [5.41, 5.74) is 2.64. The summed E-state index contributed by atoms with van der Waals surface area (Å²) < 4.78 is 10.1. The van der Waals surface area contributed by atoms with Crippen molar-refractivity contribution in [1.29, 1.82) is 0 Å². The highest BCUT2D eigenvalue weighted by Crippen LogP contribution is 2.15. The number of aromatic nitrogens is 3. The van der Waals surface area contributed by atoms with Crippen LogP contribution in [-0.2, 0) is 16.0 Å². The van der Waals surface area contributed by atoms with E-state index in [4.69, 9.17) is 9.26 Å². The number of nitrogens with zero attached hydrogens (tertiary/aromatic N) is 3. The Morgan fingerprint density at radius 3 is 3.06 bits per heavy atom. The Morgan fingerprint density at radius 2 is 2.44 bits per heavy atom. The lowest BCUT2D eigenvalue weighted by Crippen LogP contribution is -2.10. The molecule has 2 aromatic heterocycles. The van der Waals surface area contributed by atoms with Gasteiger partial charge in [0.15, 0.2) is 11.9 Å². The third kappa shape index (κ3) is 3.36. The molecule has 0 bridgehead atoms. The molecule has 0 aliphatic carbocycles. The molecule has 18 heavy (non-hydrogen) atoms. The molecule has 2 aromatic rings. The van der Waals surface area contributed by atoms with E-state index in [0.29, 0.717) is 24.6 Å². The van der Waals surface area contributed by atoms with Gasteiger partial charge < -0.3 is 9.26 Å². The second kappa shape index (κ2) is 5.72. The Kier molecular flexibility index (Phi) is 4.03. The summed E-state index contributed by atoms with van der Waals surface area (Å²) in [6, 6.07) is 0. The maximum atomic E-state index is 11.6. The van der Waals surface area contributed by atoms with Gasteiger partial charge in [-0.3, -0.25) is 4.79 Å². The molecule has 0 spiro atoms. The number of carbonyl (C=O) groups is 1. The van der Waals surface area contributed by atoms with Crippen LogP contribution >= 0.6 is 11.3 Å². The van der Waals surface area contributed by atoms with E-state index in [1.165, 1.54) is 11.3 Å². The topological polar surface area (TPSA) is 78.1 Å². The molecule has 6 nitrogen and oxygen atoms in total. The largest absolute Gasteiger partial charge is 0.453 e. The summed E-state index contributed by atoms with van der Waals surface area (Å²) >= 11 is 1.51. The van der Waals surface area contributed by atoms with Crippen molar-refractivity contribution in [2.45, 2.75) is 32.8 Å². The molecule has 0 unspecified atom stereocenters. The molecular formula is C11H13N3O3S. The van der Waals surface area contributed by atoms with E-state index in [0.717, 1.165) is 5.69 Å². The molecule has 7 heteroatoms. The summed E-state index contributed by atoms with van der Waals surface area (Å²) in [5.74, 6) is 0.538. The van der Waals surface area contributed by atoms with Gasteiger partial charge in [0.1, 0.15) is 0 Å². The first kappa shape index (κ1) is 12.7. The molecule has 0 amide bonds. The molecule has 2 rings (SSSR count). The van der Waals surface area contributed by atoms with Crippen LogP contribution in [0.5, 0.6) is 0 Å². The van der Waals surface area contributed by atoms with Gasteiger partial charge in [0.2, 0.25) is 0 Å². The van der Waals surface area contributed by atoms with E-state index in [1.54, 1.807) is 19.4 Å². The Morgan fingerprint density at radius 1 is 1.61 bits per heavy atom. The molecule has 96 valence electrons. The summed E-state index contributed by atoms with van der Waals surface area (Å²) in [6.07, 6.45) is 0.355. The minimum absolute atomic E-state index is 0.293. The average molecular weight is 267 g/mol. The molecule has 0 aliphatic heterocycles. The number of esters is 1. The van der Waals surface area contributed by atoms with Gasteiger partial charge in [0.05, 0.1) is 17.6 Å². The molecule has 0 N–H and O–H groups in total. The van der Waals surface area contributed by atoms with Crippen molar-refractivity contribution in [2.24, 2.45) is 0 Å². The van der Waals surface area contributed by atoms with Gasteiger partial charge in [-0.25, -0.2) is 4.98 Å². The number of hydrogen-bond acceptors (Lipinski definition) is 7. The number of carbonyl (C=O) groups excluding carboxylic acids is 1. The number of ether oxygens (including phenoxy) is 1. The van der Waals surface area contributed by atoms with Crippen LogP contribution in [0.15, 0.2) is 15.4 Å². The van der Waals surface area contributed by atoms with Crippen molar-refractivity contribution in [1.82, 2.24) is 15.1 Å². The number of thiazole rings is 1. The average Bonchev–Trinajstić information content (AvgIpc) is 2.97. The third-order valence-corrected chi connectivity index (χ3v) is 2.90. The predicted octanol–water partition coefficient (Wildman–Crippen LogP) is 2.07. The SMILES string of the molecule is Cc1noc([C@H](C)OC(=O)CCc2cscn2)n1. The quantitative estimate of drug-likeness (QED) is 0.772. The van der Waals surface area contributed by atoms with Crippen molar-refractivity contribution in [2.75, 3.05) is 0 Å². The number of aryl methyl sites for hydroxylation is 2. The van der Waals surface area contributed by atoms with E-state index in [-0.39, 0.29) is 5.97 Å². The predicted molar refractivity (Wildman–Crippen MR) is 64.0 cm³/mol. The third-order valence-electron chi connectivity index (χ3n) is 2.27. The molecule has 1 atom stereocenters. The van der Waals surface area contributed by atoms with Crippen LogP contribution in [0.25, 0.3) is 0 Å². The highest BCUT2D eigenvalue weighted by Gasteiger charge is 2.17. The van der Waals surface area contributed by atoms with Crippen LogP contribution in [-0.4, -0.2) is 21.1 Å². The molecule has 0 fully saturated rings. The van der Waals surface area contributed by atoms with Crippen molar-refractivity contribution in [3.05, 3.63) is 28.3 Å². The van der Waals surface area contributed by atoms with Gasteiger partial charge in [-0.1, -0.05) is 5.16 Å². The lowest BCUT2D eigenvalue weighted by atomic mass is 10.2. The standard InChI is InChI=1S/C11H13N3O3S/c1-7(11-13-8(2)14-17-11)16-10(15)4-3-9-5-18-6-12-9/h5-7H,3-4H2,1-2H3/t7-/m0/s1. The summed E-state index contributed by atoms with van der Waals surface area (Å²) in [5, 5.41) is 5.56. The number of rotatable bonds is 5. The van der Waals surface area contributed by atoms with Gasteiger partial charge in [0.25, 0.3) is 5.89 Å². The van der Waals surface area contributed by atoms with Crippen molar-refractivity contribution in [3.63, 3.8) is 0 Å². The Bertz CT molecular complexity index is 509. The highest BCUT2D eigenvalue weighted by atomic mass is 32.1. The van der Waals surface area contributed by atoms with Crippen molar-refractivity contribution < 1.29 is 14.1 Å². The molecule has 2 heterocycles. The maximum Gasteiger partial charge on any atom is 0.306 e. The molecule has 0 saturated carbocycles.